The Balaban J connectivity index is 1.67. The number of thiazole rings is 1. The lowest BCUT2D eigenvalue weighted by Crippen LogP contribution is -2.45. The Hall–Kier alpha value is -0.940. The van der Waals surface area contributed by atoms with E-state index in [0.29, 0.717) is 12.5 Å². The number of aromatic nitrogens is 1. The molecule has 88 valence electrons. The number of piperidine rings is 1. The monoisotopic (exact) mass is 239 g/mol. The second-order valence-electron chi connectivity index (χ2n) is 4.09. The summed E-state index contributed by atoms with van der Waals surface area (Å²) in [5.41, 5.74) is 2.82. The van der Waals surface area contributed by atoms with Crippen molar-refractivity contribution in [3.8, 4) is 0 Å². The standard InChI is InChI=1S/C11H17N3OS/c15-11(4-3-10-7-16-8-13-10)14-9-2-1-5-12-6-9/h7-9,12H,1-6H2,(H,14,15)/t9-/m0/s1. The number of aryl methyl sites for hydroxylation is 1. The molecule has 0 radical (unpaired) electrons. The fourth-order valence-corrected chi connectivity index (χ4v) is 2.47. The molecule has 2 rings (SSSR count). The van der Waals surface area contributed by atoms with Gasteiger partial charge in [0.15, 0.2) is 0 Å². The molecule has 0 bridgehead atoms. The molecule has 1 aliphatic heterocycles. The molecular weight excluding hydrogens is 222 g/mol. The van der Waals surface area contributed by atoms with E-state index in [1.54, 1.807) is 16.8 Å². The normalized spacial score (nSPS) is 20.6. The smallest absolute Gasteiger partial charge is 0.220 e. The van der Waals surface area contributed by atoms with Gasteiger partial charge >= 0.3 is 0 Å². The van der Waals surface area contributed by atoms with Crippen molar-refractivity contribution < 1.29 is 4.79 Å². The van der Waals surface area contributed by atoms with E-state index >= 15 is 0 Å². The molecule has 0 unspecified atom stereocenters. The molecule has 16 heavy (non-hydrogen) atoms. The van der Waals surface area contributed by atoms with Gasteiger partial charge in [-0.2, -0.15) is 0 Å². The third-order valence-electron chi connectivity index (χ3n) is 2.75. The molecule has 1 atom stereocenters. The maximum atomic E-state index is 11.6. The maximum Gasteiger partial charge on any atom is 0.220 e. The van der Waals surface area contributed by atoms with Crippen molar-refractivity contribution in [3.05, 3.63) is 16.6 Å². The van der Waals surface area contributed by atoms with Crippen LogP contribution < -0.4 is 10.6 Å². The Labute approximate surface area is 99.5 Å². The topological polar surface area (TPSA) is 54.0 Å². The Morgan fingerprint density at radius 2 is 2.62 bits per heavy atom. The van der Waals surface area contributed by atoms with Crippen LogP contribution in [0.1, 0.15) is 25.0 Å². The highest BCUT2D eigenvalue weighted by molar-refractivity contribution is 7.07. The van der Waals surface area contributed by atoms with Crippen molar-refractivity contribution >= 4 is 17.2 Å². The Morgan fingerprint density at radius 3 is 3.31 bits per heavy atom. The summed E-state index contributed by atoms with van der Waals surface area (Å²) in [6.07, 6.45) is 3.53. The van der Waals surface area contributed by atoms with Gasteiger partial charge in [-0.1, -0.05) is 0 Å². The zero-order chi connectivity index (χ0) is 11.2. The third kappa shape index (κ3) is 3.57. The first-order chi connectivity index (χ1) is 7.84. The summed E-state index contributed by atoms with van der Waals surface area (Å²) in [4.78, 5) is 15.8. The number of nitrogens with one attached hydrogen (secondary N) is 2. The van der Waals surface area contributed by atoms with Crippen LogP contribution in [0.5, 0.6) is 0 Å². The lowest BCUT2D eigenvalue weighted by molar-refractivity contribution is -0.121. The third-order valence-corrected chi connectivity index (χ3v) is 3.39. The maximum absolute atomic E-state index is 11.6. The van der Waals surface area contributed by atoms with Gasteiger partial charge in [0.25, 0.3) is 0 Å². The predicted molar refractivity (Wildman–Crippen MR) is 64.5 cm³/mol. The van der Waals surface area contributed by atoms with E-state index < -0.39 is 0 Å². The first-order valence-electron chi connectivity index (χ1n) is 5.72. The summed E-state index contributed by atoms with van der Waals surface area (Å²) >= 11 is 1.57. The number of rotatable bonds is 4. The molecule has 1 fully saturated rings. The molecule has 0 saturated carbocycles. The molecule has 0 spiro atoms. The van der Waals surface area contributed by atoms with Gasteiger partial charge in [-0.25, -0.2) is 4.98 Å². The minimum absolute atomic E-state index is 0.140. The van der Waals surface area contributed by atoms with Crippen molar-refractivity contribution in [2.45, 2.75) is 31.7 Å². The number of nitrogens with zero attached hydrogens (tertiary/aromatic N) is 1. The fourth-order valence-electron chi connectivity index (χ4n) is 1.88. The molecule has 1 amide bonds. The molecule has 2 heterocycles. The van der Waals surface area contributed by atoms with Crippen LogP contribution in [0.15, 0.2) is 10.9 Å². The second kappa shape index (κ2) is 5.96. The number of hydrogen-bond donors (Lipinski definition) is 2. The summed E-state index contributed by atoms with van der Waals surface area (Å²) in [7, 11) is 0. The summed E-state index contributed by atoms with van der Waals surface area (Å²) in [5.74, 6) is 0.140. The van der Waals surface area contributed by atoms with Crippen molar-refractivity contribution in [1.29, 1.82) is 0 Å². The molecular formula is C11H17N3OS. The Bertz CT molecular complexity index is 320. The van der Waals surface area contributed by atoms with Gasteiger partial charge in [0.1, 0.15) is 0 Å². The molecule has 0 aliphatic carbocycles. The lowest BCUT2D eigenvalue weighted by atomic mass is 10.1. The number of hydrogen-bond acceptors (Lipinski definition) is 4. The van der Waals surface area contributed by atoms with Gasteiger partial charge in [0.05, 0.1) is 11.2 Å². The molecule has 5 heteroatoms. The number of carbonyl (C=O) groups is 1. The second-order valence-corrected chi connectivity index (χ2v) is 4.81. The highest BCUT2D eigenvalue weighted by atomic mass is 32.1. The lowest BCUT2D eigenvalue weighted by Gasteiger charge is -2.23. The molecule has 1 saturated heterocycles. The van der Waals surface area contributed by atoms with E-state index in [0.717, 1.165) is 38.0 Å². The van der Waals surface area contributed by atoms with Gasteiger partial charge in [0.2, 0.25) is 5.91 Å². The summed E-state index contributed by atoms with van der Waals surface area (Å²) in [5, 5.41) is 8.34. The number of amides is 1. The van der Waals surface area contributed by atoms with E-state index in [1.165, 1.54) is 0 Å². The van der Waals surface area contributed by atoms with Crippen LogP contribution in [0.3, 0.4) is 0 Å². The average molecular weight is 239 g/mol. The first kappa shape index (κ1) is 11.5. The van der Waals surface area contributed by atoms with Gasteiger partial charge < -0.3 is 10.6 Å². The van der Waals surface area contributed by atoms with Crippen LogP contribution in [-0.4, -0.2) is 30.0 Å². The van der Waals surface area contributed by atoms with Crippen LogP contribution in [0.25, 0.3) is 0 Å². The van der Waals surface area contributed by atoms with Gasteiger partial charge in [-0.3, -0.25) is 4.79 Å². The van der Waals surface area contributed by atoms with Gasteiger partial charge in [-0.15, -0.1) is 11.3 Å². The Morgan fingerprint density at radius 1 is 1.69 bits per heavy atom. The number of carbonyl (C=O) groups excluding carboxylic acids is 1. The van der Waals surface area contributed by atoms with Crippen molar-refractivity contribution in [2.75, 3.05) is 13.1 Å². The zero-order valence-corrected chi connectivity index (χ0v) is 10.1. The van der Waals surface area contributed by atoms with E-state index in [9.17, 15) is 4.79 Å². The van der Waals surface area contributed by atoms with Crippen LogP contribution in [0.4, 0.5) is 0 Å². The predicted octanol–water partition coefficient (Wildman–Crippen LogP) is 0.944. The van der Waals surface area contributed by atoms with E-state index in [1.807, 2.05) is 5.38 Å². The van der Waals surface area contributed by atoms with E-state index in [4.69, 9.17) is 0 Å². The zero-order valence-electron chi connectivity index (χ0n) is 9.24. The molecule has 0 aromatic carbocycles. The van der Waals surface area contributed by atoms with Gasteiger partial charge in [0, 0.05) is 24.4 Å². The Kier molecular flexibility index (Phi) is 4.30. The summed E-state index contributed by atoms with van der Waals surface area (Å²) < 4.78 is 0. The largest absolute Gasteiger partial charge is 0.352 e. The van der Waals surface area contributed by atoms with Crippen molar-refractivity contribution in [2.24, 2.45) is 0 Å². The van der Waals surface area contributed by atoms with Crippen molar-refractivity contribution in [1.82, 2.24) is 15.6 Å². The van der Waals surface area contributed by atoms with Crippen molar-refractivity contribution in [3.63, 3.8) is 0 Å². The van der Waals surface area contributed by atoms with E-state index in [2.05, 4.69) is 15.6 Å². The first-order valence-corrected chi connectivity index (χ1v) is 6.66. The van der Waals surface area contributed by atoms with Crippen LogP contribution in [-0.2, 0) is 11.2 Å². The van der Waals surface area contributed by atoms with Gasteiger partial charge in [-0.05, 0) is 25.8 Å². The molecule has 1 aromatic heterocycles. The van der Waals surface area contributed by atoms with Crippen LogP contribution >= 0.6 is 11.3 Å². The summed E-state index contributed by atoms with van der Waals surface area (Å²) in [6.45, 7) is 1.98. The molecule has 1 aliphatic rings. The quantitative estimate of drug-likeness (QED) is 0.822. The highest BCUT2D eigenvalue weighted by Gasteiger charge is 2.14. The average Bonchev–Trinajstić information content (AvgIpc) is 2.81. The van der Waals surface area contributed by atoms with Crippen LogP contribution in [0, 0.1) is 0 Å². The molecule has 2 N–H and O–H groups in total. The SMILES string of the molecule is O=C(CCc1cscn1)N[C@H]1CCCNC1. The highest BCUT2D eigenvalue weighted by Crippen LogP contribution is 2.05. The van der Waals surface area contributed by atoms with Crippen LogP contribution in [0.2, 0.25) is 0 Å². The minimum atomic E-state index is 0.140. The summed E-state index contributed by atoms with van der Waals surface area (Å²) in [6, 6.07) is 0.316. The van der Waals surface area contributed by atoms with E-state index in [-0.39, 0.29) is 5.91 Å². The molecule has 1 aromatic rings. The fraction of sp³-hybridized carbons (Fsp3) is 0.636. The molecule has 4 nitrogen and oxygen atoms in total. The minimum Gasteiger partial charge on any atom is -0.352 e.